The van der Waals surface area contributed by atoms with Crippen molar-refractivity contribution in [2.75, 3.05) is 5.32 Å². The van der Waals surface area contributed by atoms with Gasteiger partial charge in [0.05, 0.1) is 4.91 Å². The molecule has 1 unspecified atom stereocenters. The standard InChI is InChI=1S/C33H34FN3OS/c1-22-11-6-8-17-29(22)37-32(38)31(39-33(37)35-26-14-4-3-5-15-26)20-28-23(2)36(30-18-9-7-16-27(28)30)21-24-12-10-13-25(34)19-24/h3-5,7,9-10,12-16,18-20,22,29,33,35H,6,8,11,17,21H2,1-2H3/b31-20-/t22-,29+,33?/m1/s1. The van der Waals surface area contributed by atoms with E-state index < -0.39 is 0 Å². The molecule has 0 bridgehead atoms. The lowest BCUT2D eigenvalue weighted by Gasteiger charge is -2.39. The lowest BCUT2D eigenvalue weighted by atomic mass is 9.85. The highest BCUT2D eigenvalue weighted by Crippen LogP contribution is 2.43. The number of rotatable bonds is 6. The van der Waals surface area contributed by atoms with E-state index in [1.807, 2.05) is 36.4 Å². The number of nitrogens with zero attached hydrogens (tertiary/aromatic N) is 2. The number of thioether (sulfide) groups is 1. The Bertz CT molecular complexity index is 1530. The molecule has 6 heteroatoms. The molecule has 0 spiro atoms. The molecule has 1 amide bonds. The highest BCUT2D eigenvalue weighted by molar-refractivity contribution is 8.05. The molecule has 2 fully saturated rings. The minimum atomic E-state index is -0.231. The number of aromatic nitrogens is 1. The average Bonchev–Trinajstić information content (AvgIpc) is 3.38. The lowest BCUT2D eigenvalue weighted by molar-refractivity contribution is -0.129. The van der Waals surface area contributed by atoms with Crippen LogP contribution in [0.2, 0.25) is 0 Å². The minimum Gasteiger partial charge on any atom is -0.356 e. The van der Waals surface area contributed by atoms with Crippen LogP contribution in [0.3, 0.4) is 0 Å². The van der Waals surface area contributed by atoms with E-state index in [0.717, 1.165) is 57.6 Å². The average molecular weight is 540 g/mol. The zero-order valence-electron chi connectivity index (χ0n) is 22.4. The number of halogens is 1. The molecular formula is C33H34FN3OS. The third-order valence-electron chi connectivity index (χ3n) is 8.21. The van der Waals surface area contributed by atoms with Gasteiger partial charge in [0.25, 0.3) is 5.91 Å². The van der Waals surface area contributed by atoms with Gasteiger partial charge in [0.1, 0.15) is 5.82 Å². The number of para-hydroxylation sites is 2. The van der Waals surface area contributed by atoms with Gasteiger partial charge in [-0.25, -0.2) is 4.39 Å². The van der Waals surface area contributed by atoms with E-state index in [4.69, 9.17) is 0 Å². The smallest absolute Gasteiger partial charge is 0.262 e. The van der Waals surface area contributed by atoms with E-state index in [2.05, 4.69) is 59.0 Å². The van der Waals surface area contributed by atoms with Crippen molar-refractivity contribution in [3.05, 3.63) is 106 Å². The Labute approximate surface area is 233 Å². The third kappa shape index (κ3) is 5.10. The van der Waals surface area contributed by atoms with Crippen LogP contribution < -0.4 is 5.32 Å². The number of carbonyl (C=O) groups excluding carboxylic acids is 1. The van der Waals surface area contributed by atoms with Gasteiger partial charge in [-0.1, -0.05) is 80.1 Å². The van der Waals surface area contributed by atoms with Crippen LogP contribution in [0.25, 0.3) is 17.0 Å². The van der Waals surface area contributed by atoms with Gasteiger partial charge in [-0.3, -0.25) is 4.79 Å². The molecule has 1 aliphatic carbocycles. The summed E-state index contributed by atoms with van der Waals surface area (Å²) in [5.74, 6) is 0.345. The summed E-state index contributed by atoms with van der Waals surface area (Å²) in [5, 5.41) is 4.74. The first-order valence-corrected chi connectivity index (χ1v) is 14.7. The first-order chi connectivity index (χ1) is 19.0. The fraction of sp³-hybridized carbons (Fsp3) is 0.303. The summed E-state index contributed by atoms with van der Waals surface area (Å²) in [6.07, 6.45) is 6.67. The Balaban J connectivity index is 1.39. The number of hydrogen-bond acceptors (Lipinski definition) is 3. The van der Waals surface area contributed by atoms with E-state index in [-0.39, 0.29) is 23.3 Å². The molecule has 1 aromatic heterocycles. The summed E-state index contributed by atoms with van der Waals surface area (Å²) in [5.41, 5.74) is 4.97. The molecule has 2 aliphatic rings. The maximum Gasteiger partial charge on any atom is 0.262 e. The van der Waals surface area contributed by atoms with Gasteiger partial charge in [0.15, 0.2) is 5.50 Å². The number of fused-ring (bicyclic) bond motifs is 1. The minimum absolute atomic E-state index is 0.105. The van der Waals surface area contributed by atoms with E-state index >= 15 is 0 Å². The second-order valence-electron chi connectivity index (χ2n) is 10.8. The molecular weight excluding hydrogens is 505 g/mol. The van der Waals surface area contributed by atoms with E-state index in [0.29, 0.717) is 12.5 Å². The number of nitrogens with one attached hydrogen (secondary N) is 1. The van der Waals surface area contributed by atoms with Crippen LogP contribution in [0, 0.1) is 18.7 Å². The van der Waals surface area contributed by atoms with Gasteiger partial charge in [-0.05, 0) is 67.7 Å². The van der Waals surface area contributed by atoms with Crippen molar-refractivity contribution in [2.24, 2.45) is 5.92 Å². The highest BCUT2D eigenvalue weighted by atomic mass is 32.2. The summed E-state index contributed by atoms with van der Waals surface area (Å²) in [6, 6.07) is 25.4. The van der Waals surface area contributed by atoms with Crippen molar-refractivity contribution < 1.29 is 9.18 Å². The van der Waals surface area contributed by atoms with Gasteiger partial charge >= 0.3 is 0 Å². The SMILES string of the molecule is Cc1c(/C=C2\SC(Nc3ccccc3)N([C@H]3CCCC[C@H]3C)C2=O)c2ccccc2n1Cc1cccc(F)c1. The fourth-order valence-corrected chi connectivity index (χ4v) is 7.35. The predicted octanol–water partition coefficient (Wildman–Crippen LogP) is 8.03. The summed E-state index contributed by atoms with van der Waals surface area (Å²) >= 11 is 1.61. The van der Waals surface area contributed by atoms with Crippen LogP contribution in [-0.2, 0) is 11.3 Å². The summed E-state index contributed by atoms with van der Waals surface area (Å²) in [4.78, 5) is 17.0. The Kier molecular flexibility index (Phi) is 7.22. The van der Waals surface area contributed by atoms with Crippen molar-refractivity contribution in [3.63, 3.8) is 0 Å². The number of amides is 1. The first kappa shape index (κ1) is 25.8. The molecule has 200 valence electrons. The molecule has 39 heavy (non-hydrogen) atoms. The van der Waals surface area contributed by atoms with Crippen LogP contribution >= 0.6 is 11.8 Å². The quantitative estimate of drug-likeness (QED) is 0.252. The highest BCUT2D eigenvalue weighted by Gasteiger charge is 2.43. The van der Waals surface area contributed by atoms with Crippen LogP contribution in [0.15, 0.2) is 83.8 Å². The molecule has 1 saturated heterocycles. The third-order valence-corrected chi connectivity index (χ3v) is 9.32. The monoisotopic (exact) mass is 539 g/mol. The van der Waals surface area contributed by atoms with Crippen molar-refractivity contribution in [1.29, 1.82) is 0 Å². The molecule has 4 nitrogen and oxygen atoms in total. The molecule has 1 N–H and O–H groups in total. The predicted molar refractivity (Wildman–Crippen MR) is 160 cm³/mol. The van der Waals surface area contributed by atoms with Gasteiger partial charge in [-0.15, -0.1) is 0 Å². The second-order valence-corrected chi connectivity index (χ2v) is 11.9. The number of anilines is 1. The van der Waals surface area contributed by atoms with Gasteiger partial charge < -0.3 is 14.8 Å². The lowest BCUT2D eigenvalue weighted by Crippen LogP contribution is -2.48. The fourth-order valence-electron chi connectivity index (χ4n) is 6.16. The maximum absolute atomic E-state index is 14.1. The molecule has 1 saturated carbocycles. The van der Waals surface area contributed by atoms with Crippen LogP contribution in [-0.4, -0.2) is 26.9 Å². The van der Waals surface area contributed by atoms with Crippen molar-refractivity contribution >= 4 is 40.3 Å². The van der Waals surface area contributed by atoms with Crippen LogP contribution in [0.5, 0.6) is 0 Å². The van der Waals surface area contributed by atoms with Gasteiger partial charge in [0, 0.05) is 40.4 Å². The Hall–Kier alpha value is -3.51. The van der Waals surface area contributed by atoms with Crippen molar-refractivity contribution in [1.82, 2.24) is 9.47 Å². The summed E-state index contributed by atoms with van der Waals surface area (Å²) in [6.45, 7) is 4.95. The van der Waals surface area contributed by atoms with Gasteiger partial charge in [-0.2, -0.15) is 0 Å². The van der Waals surface area contributed by atoms with E-state index in [1.54, 1.807) is 23.9 Å². The zero-order valence-corrected chi connectivity index (χ0v) is 23.3. The molecule has 6 rings (SSSR count). The van der Waals surface area contributed by atoms with Crippen molar-refractivity contribution in [3.8, 4) is 0 Å². The second kappa shape index (κ2) is 10.9. The van der Waals surface area contributed by atoms with Crippen LogP contribution in [0.4, 0.5) is 10.1 Å². The Morgan fingerprint density at radius 1 is 1.00 bits per heavy atom. The molecule has 3 aromatic carbocycles. The molecule has 4 aromatic rings. The summed E-state index contributed by atoms with van der Waals surface area (Å²) < 4.78 is 16.2. The van der Waals surface area contributed by atoms with Crippen molar-refractivity contribution in [2.45, 2.75) is 57.6 Å². The maximum atomic E-state index is 14.1. The molecule has 2 heterocycles. The largest absolute Gasteiger partial charge is 0.356 e. The zero-order chi connectivity index (χ0) is 26.9. The van der Waals surface area contributed by atoms with E-state index in [9.17, 15) is 9.18 Å². The summed E-state index contributed by atoms with van der Waals surface area (Å²) in [7, 11) is 0. The molecule has 1 aliphatic heterocycles. The number of hydrogen-bond donors (Lipinski definition) is 1. The van der Waals surface area contributed by atoms with Gasteiger partial charge in [0.2, 0.25) is 0 Å². The number of carbonyl (C=O) groups is 1. The topological polar surface area (TPSA) is 37.3 Å². The molecule has 0 radical (unpaired) electrons. The molecule has 3 atom stereocenters. The number of benzene rings is 3. The Morgan fingerprint density at radius 3 is 2.56 bits per heavy atom. The van der Waals surface area contributed by atoms with Crippen LogP contribution in [0.1, 0.15) is 49.4 Å². The Morgan fingerprint density at radius 2 is 1.77 bits per heavy atom. The normalized spacial score (nSPS) is 22.6. The first-order valence-electron chi connectivity index (χ1n) is 13.8. The van der Waals surface area contributed by atoms with E-state index in [1.165, 1.54) is 12.5 Å².